The van der Waals surface area contributed by atoms with Crippen LogP contribution in [-0.2, 0) is 11.3 Å². The van der Waals surface area contributed by atoms with Gasteiger partial charge in [0.15, 0.2) is 5.13 Å². The average molecular weight is 437 g/mol. The summed E-state index contributed by atoms with van der Waals surface area (Å²) in [5.74, 6) is 0.635. The summed E-state index contributed by atoms with van der Waals surface area (Å²) >= 11 is 3.18. The van der Waals surface area contributed by atoms with E-state index in [2.05, 4.69) is 0 Å². The minimum atomic E-state index is -0.234. The maximum atomic E-state index is 13.1. The summed E-state index contributed by atoms with van der Waals surface area (Å²) in [5.41, 5.74) is 1.99. The Bertz CT molecular complexity index is 1080. The number of aromatic nitrogens is 1. The summed E-state index contributed by atoms with van der Waals surface area (Å²) in [6, 6.07) is 24.4. The van der Waals surface area contributed by atoms with Crippen LogP contribution in [-0.4, -0.2) is 16.6 Å². The quantitative estimate of drug-likeness (QED) is 0.232. The Hall–Kier alpha value is -2.70. The van der Waals surface area contributed by atoms with Gasteiger partial charge in [0.05, 0.1) is 16.8 Å². The van der Waals surface area contributed by atoms with E-state index in [0.717, 1.165) is 38.0 Å². The van der Waals surface area contributed by atoms with Gasteiger partial charge in [0.2, 0.25) is 5.91 Å². The van der Waals surface area contributed by atoms with Gasteiger partial charge in [-0.25, -0.2) is 9.37 Å². The fourth-order valence-corrected chi connectivity index (χ4v) is 4.92. The largest absolute Gasteiger partial charge is 0.284 e. The Morgan fingerprint density at radius 3 is 2.47 bits per heavy atom. The number of benzene rings is 3. The minimum Gasteiger partial charge on any atom is -0.284 e. The first kappa shape index (κ1) is 20.6. The number of nitrogens with zero attached hydrogens (tertiary/aromatic N) is 2. The van der Waals surface area contributed by atoms with Gasteiger partial charge >= 0.3 is 0 Å². The van der Waals surface area contributed by atoms with Crippen molar-refractivity contribution in [3.05, 3.63) is 90.2 Å². The molecule has 0 saturated heterocycles. The lowest BCUT2D eigenvalue weighted by molar-refractivity contribution is -0.118. The van der Waals surface area contributed by atoms with Crippen molar-refractivity contribution >= 4 is 44.4 Å². The van der Waals surface area contributed by atoms with Crippen LogP contribution in [0.3, 0.4) is 0 Å². The molecule has 1 aromatic heterocycles. The second-order valence-electron chi connectivity index (χ2n) is 6.84. The van der Waals surface area contributed by atoms with Crippen molar-refractivity contribution < 1.29 is 9.18 Å². The predicted molar refractivity (Wildman–Crippen MR) is 124 cm³/mol. The van der Waals surface area contributed by atoms with Crippen LogP contribution in [0.2, 0.25) is 0 Å². The molecule has 152 valence electrons. The van der Waals surface area contributed by atoms with E-state index in [4.69, 9.17) is 4.98 Å². The summed E-state index contributed by atoms with van der Waals surface area (Å²) in [7, 11) is 0. The Morgan fingerprint density at radius 1 is 0.967 bits per heavy atom. The van der Waals surface area contributed by atoms with Crippen molar-refractivity contribution in [2.75, 3.05) is 10.7 Å². The summed E-state index contributed by atoms with van der Waals surface area (Å²) in [5, 5.41) is 0.733. The van der Waals surface area contributed by atoms with Crippen LogP contribution in [0.25, 0.3) is 10.2 Å². The monoisotopic (exact) mass is 436 g/mol. The molecule has 0 unspecified atom stereocenters. The van der Waals surface area contributed by atoms with Gasteiger partial charge in [0.25, 0.3) is 0 Å². The van der Waals surface area contributed by atoms with Crippen LogP contribution in [0.15, 0.2) is 83.8 Å². The molecule has 0 bridgehead atoms. The van der Waals surface area contributed by atoms with Crippen LogP contribution >= 0.6 is 23.1 Å². The molecule has 0 atom stereocenters. The maximum Gasteiger partial charge on any atom is 0.229 e. The second-order valence-corrected chi connectivity index (χ2v) is 9.01. The molecule has 0 radical (unpaired) electrons. The highest BCUT2D eigenvalue weighted by Gasteiger charge is 2.20. The number of halogens is 1. The lowest BCUT2D eigenvalue weighted by atomic mass is 10.2. The van der Waals surface area contributed by atoms with E-state index >= 15 is 0 Å². The van der Waals surface area contributed by atoms with Crippen LogP contribution in [0.5, 0.6) is 0 Å². The molecule has 6 heteroatoms. The molecule has 4 rings (SSSR count). The van der Waals surface area contributed by atoms with Crippen molar-refractivity contribution in [1.82, 2.24) is 4.98 Å². The van der Waals surface area contributed by atoms with Crippen molar-refractivity contribution in [2.45, 2.75) is 24.3 Å². The normalized spacial score (nSPS) is 11.0. The topological polar surface area (TPSA) is 33.2 Å². The van der Waals surface area contributed by atoms with Crippen LogP contribution in [0.1, 0.15) is 18.4 Å². The molecule has 0 saturated carbocycles. The van der Waals surface area contributed by atoms with Gasteiger partial charge in [-0.05, 0) is 54.1 Å². The first-order chi connectivity index (χ1) is 14.7. The molecule has 3 aromatic carbocycles. The van der Waals surface area contributed by atoms with Gasteiger partial charge in [0.1, 0.15) is 5.82 Å². The summed E-state index contributed by atoms with van der Waals surface area (Å²) < 4.78 is 14.1. The van der Waals surface area contributed by atoms with E-state index in [1.54, 1.807) is 40.1 Å². The van der Waals surface area contributed by atoms with Gasteiger partial charge < -0.3 is 0 Å². The molecular weight excluding hydrogens is 415 g/mol. The zero-order chi connectivity index (χ0) is 20.8. The van der Waals surface area contributed by atoms with E-state index in [-0.39, 0.29) is 11.7 Å². The highest BCUT2D eigenvalue weighted by molar-refractivity contribution is 7.99. The third kappa shape index (κ3) is 5.26. The molecule has 3 nitrogen and oxygen atoms in total. The number of amides is 1. The van der Waals surface area contributed by atoms with Gasteiger partial charge in [0, 0.05) is 11.3 Å². The number of carbonyl (C=O) groups is 1. The number of hydrogen-bond donors (Lipinski definition) is 0. The standard InChI is InChI=1S/C24H21FN2OS2/c25-19-12-14-20(15-13-19)29-16-6-11-23(28)27(17-18-7-2-1-3-8-18)24-26-21-9-4-5-10-22(21)30-24/h1-5,7-10,12-15H,6,11,16-17H2. The van der Waals surface area contributed by atoms with E-state index in [1.165, 1.54) is 12.1 Å². The third-order valence-electron chi connectivity index (χ3n) is 4.62. The van der Waals surface area contributed by atoms with Crippen LogP contribution in [0.4, 0.5) is 9.52 Å². The molecule has 0 aliphatic rings. The van der Waals surface area contributed by atoms with Gasteiger partial charge in [-0.1, -0.05) is 53.8 Å². The predicted octanol–water partition coefficient (Wildman–Crippen LogP) is 6.54. The number of para-hydroxylation sites is 1. The Balaban J connectivity index is 1.44. The summed E-state index contributed by atoms with van der Waals surface area (Å²) in [6.45, 7) is 0.505. The highest BCUT2D eigenvalue weighted by Crippen LogP contribution is 2.30. The number of carbonyl (C=O) groups excluding carboxylic acids is 1. The molecule has 1 heterocycles. The number of thioether (sulfide) groups is 1. The fourth-order valence-electron chi connectivity index (χ4n) is 3.08. The number of rotatable bonds is 8. The number of hydrogen-bond acceptors (Lipinski definition) is 4. The Labute approximate surface area is 183 Å². The van der Waals surface area contributed by atoms with Gasteiger partial charge in [-0.3, -0.25) is 9.69 Å². The molecule has 0 aliphatic heterocycles. The molecular formula is C24H21FN2OS2. The molecule has 1 amide bonds. The molecule has 0 N–H and O–H groups in total. The zero-order valence-electron chi connectivity index (χ0n) is 16.3. The Kier molecular flexibility index (Phi) is 6.77. The molecule has 0 aliphatic carbocycles. The van der Waals surface area contributed by atoms with E-state index in [0.29, 0.717) is 13.0 Å². The van der Waals surface area contributed by atoms with E-state index in [1.807, 2.05) is 54.6 Å². The first-order valence-corrected chi connectivity index (χ1v) is 11.6. The summed E-state index contributed by atoms with van der Waals surface area (Å²) in [6.07, 6.45) is 1.19. The third-order valence-corrected chi connectivity index (χ3v) is 6.77. The van der Waals surface area contributed by atoms with Crippen LogP contribution < -0.4 is 4.90 Å². The fraction of sp³-hybridized carbons (Fsp3) is 0.167. The maximum absolute atomic E-state index is 13.1. The van der Waals surface area contributed by atoms with Crippen molar-refractivity contribution in [2.24, 2.45) is 0 Å². The SMILES string of the molecule is O=C(CCCSc1ccc(F)cc1)N(Cc1ccccc1)c1nc2ccccc2s1. The molecule has 0 fully saturated rings. The first-order valence-electron chi connectivity index (χ1n) is 9.77. The second kappa shape index (κ2) is 9.87. The number of thiazole rings is 1. The minimum absolute atomic E-state index is 0.0672. The van der Waals surface area contributed by atoms with Gasteiger partial charge in [-0.2, -0.15) is 0 Å². The zero-order valence-corrected chi connectivity index (χ0v) is 18.0. The smallest absolute Gasteiger partial charge is 0.229 e. The van der Waals surface area contributed by atoms with Crippen molar-refractivity contribution in [3.8, 4) is 0 Å². The van der Waals surface area contributed by atoms with E-state index < -0.39 is 0 Å². The molecule has 0 spiro atoms. The van der Waals surface area contributed by atoms with Crippen molar-refractivity contribution in [3.63, 3.8) is 0 Å². The average Bonchev–Trinajstić information content (AvgIpc) is 3.21. The molecule has 4 aromatic rings. The van der Waals surface area contributed by atoms with Crippen LogP contribution in [0, 0.1) is 5.82 Å². The lowest BCUT2D eigenvalue weighted by Gasteiger charge is -2.20. The summed E-state index contributed by atoms with van der Waals surface area (Å²) in [4.78, 5) is 20.6. The highest BCUT2D eigenvalue weighted by atomic mass is 32.2. The Morgan fingerprint density at radius 2 is 1.70 bits per heavy atom. The van der Waals surface area contributed by atoms with Crippen molar-refractivity contribution in [1.29, 1.82) is 0 Å². The number of fused-ring (bicyclic) bond motifs is 1. The molecule has 30 heavy (non-hydrogen) atoms. The van der Waals surface area contributed by atoms with E-state index in [9.17, 15) is 9.18 Å². The number of anilines is 1. The lowest BCUT2D eigenvalue weighted by Crippen LogP contribution is -2.30. The van der Waals surface area contributed by atoms with Gasteiger partial charge in [-0.15, -0.1) is 11.8 Å².